The molecule has 7 aromatic rings. The van der Waals surface area contributed by atoms with Gasteiger partial charge in [-0.05, 0) is 64.0 Å². The van der Waals surface area contributed by atoms with E-state index in [1.165, 1.54) is 27.4 Å². The van der Waals surface area contributed by atoms with Crippen molar-refractivity contribution in [1.29, 1.82) is 0 Å². The second kappa shape index (κ2) is 17.1. The maximum absolute atomic E-state index is 6.37. The van der Waals surface area contributed by atoms with E-state index in [2.05, 4.69) is 176 Å². The Kier molecular flexibility index (Phi) is 13.0. The molecule has 0 aliphatic heterocycles. The monoisotopic (exact) mass is 907 g/mol. The van der Waals surface area contributed by atoms with Gasteiger partial charge in [-0.3, -0.25) is 0 Å². The molecule has 0 saturated heterocycles. The van der Waals surface area contributed by atoms with Gasteiger partial charge in [0, 0.05) is 37.9 Å². The maximum Gasteiger partial charge on any atom is 0.121 e. The van der Waals surface area contributed by atoms with Crippen LogP contribution in [0.4, 0.5) is 0 Å². The Labute approximate surface area is 338 Å². The molecule has 281 valence electrons. The predicted octanol–water partition coefficient (Wildman–Crippen LogP) is 13.1. The number of aromatic nitrogens is 2. The van der Waals surface area contributed by atoms with Crippen molar-refractivity contribution in [1.82, 2.24) is 9.97 Å². The molecule has 0 amide bonds. The van der Waals surface area contributed by atoms with Gasteiger partial charge in [-0.25, -0.2) is 0 Å². The molecule has 0 saturated carbocycles. The van der Waals surface area contributed by atoms with E-state index in [0.717, 1.165) is 62.9 Å². The van der Waals surface area contributed by atoms with Gasteiger partial charge in [0.05, 0.1) is 13.7 Å². The molecule has 0 atom stereocenters. The third kappa shape index (κ3) is 9.93. The fourth-order valence-electron chi connectivity index (χ4n) is 6.96. The van der Waals surface area contributed by atoms with Crippen LogP contribution in [0.3, 0.4) is 0 Å². The van der Waals surface area contributed by atoms with Crippen LogP contribution in [0.5, 0.6) is 0 Å². The van der Waals surface area contributed by atoms with Crippen LogP contribution in [0.25, 0.3) is 55.6 Å². The fourth-order valence-corrected chi connectivity index (χ4v) is 8.55. The Balaban J connectivity index is 0.000000212. The molecular weight excluding hydrogens is 853 g/mol. The number of nitrogens with zero attached hydrogens (tertiary/aromatic N) is 2. The Morgan fingerprint density at radius 2 is 1.52 bits per heavy atom. The summed E-state index contributed by atoms with van der Waals surface area (Å²) in [4.78, 5) is 9.40. The summed E-state index contributed by atoms with van der Waals surface area (Å²) in [6.07, 6.45) is 6.14. The SMILES string of the molecule is CC(C)(C)Cc1ccnc(-c2[c-]ccc3c2oc2cc(-c4ccccc4)ccc23)c1.CC(C)Cc1cc(-c2[c-]cc(C(C)C)cc2)ncc1[Si](C)(C)C.[Ir]. The third-order valence-electron chi connectivity index (χ3n) is 9.56. The second-order valence-electron chi connectivity index (χ2n) is 17.3. The van der Waals surface area contributed by atoms with E-state index in [4.69, 9.17) is 9.40 Å². The van der Waals surface area contributed by atoms with Gasteiger partial charge in [0.25, 0.3) is 0 Å². The molecule has 0 bridgehead atoms. The zero-order chi connectivity index (χ0) is 37.9. The van der Waals surface area contributed by atoms with Crippen LogP contribution < -0.4 is 5.19 Å². The molecule has 0 N–H and O–H groups in total. The van der Waals surface area contributed by atoms with E-state index in [-0.39, 0.29) is 25.5 Å². The molecule has 54 heavy (non-hydrogen) atoms. The molecule has 3 aromatic heterocycles. The number of hydrogen-bond donors (Lipinski definition) is 0. The van der Waals surface area contributed by atoms with Crippen LogP contribution in [0.2, 0.25) is 19.6 Å². The Morgan fingerprint density at radius 1 is 0.759 bits per heavy atom. The van der Waals surface area contributed by atoms with Crippen LogP contribution >= 0.6 is 0 Å². The van der Waals surface area contributed by atoms with Gasteiger partial charge < -0.3 is 14.4 Å². The van der Waals surface area contributed by atoms with Crippen molar-refractivity contribution in [2.45, 2.75) is 86.9 Å². The van der Waals surface area contributed by atoms with Crippen LogP contribution in [-0.2, 0) is 32.9 Å². The molecule has 4 aromatic carbocycles. The minimum Gasteiger partial charge on any atom is -0.501 e. The first-order valence-corrected chi connectivity index (χ1v) is 22.6. The molecule has 5 heteroatoms. The second-order valence-corrected chi connectivity index (χ2v) is 22.4. The van der Waals surface area contributed by atoms with Gasteiger partial charge in [0.1, 0.15) is 5.58 Å². The average molecular weight is 907 g/mol. The summed E-state index contributed by atoms with van der Waals surface area (Å²) in [6.45, 7) is 23.0. The van der Waals surface area contributed by atoms with Crippen molar-refractivity contribution >= 4 is 35.2 Å². The Morgan fingerprint density at radius 3 is 2.17 bits per heavy atom. The third-order valence-corrected chi connectivity index (χ3v) is 11.6. The van der Waals surface area contributed by atoms with E-state index in [1.807, 2.05) is 18.3 Å². The number of rotatable bonds is 8. The van der Waals surface area contributed by atoms with E-state index >= 15 is 0 Å². The molecule has 3 nitrogen and oxygen atoms in total. The van der Waals surface area contributed by atoms with Crippen LogP contribution in [0.15, 0.2) is 114 Å². The number of furan rings is 1. The first-order chi connectivity index (χ1) is 25.2. The van der Waals surface area contributed by atoms with E-state index in [9.17, 15) is 0 Å². The summed E-state index contributed by atoms with van der Waals surface area (Å²) in [5, 5.41) is 3.71. The minimum absolute atomic E-state index is 0. The number of pyridine rings is 2. The Bertz CT molecular complexity index is 2310. The molecule has 0 unspecified atom stereocenters. The molecule has 1 radical (unpaired) electrons. The van der Waals surface area contributed by atoms with Crippen molar-refractivity contribution in [3.63, 3.8) is 0 Å². The normalized spacial score (nSPS) is 11.9. The number of benzene rings is 4. The van der Waals surface area contributed by atoms with Crippen molar-refractivity contribution in [2.75, 3.05) is 0 Å². The largest absolute Gasteiger partial charge is 0.501 e. The van der Waals surface area contributed by atoms with Crippen LogP contribution in [0, 0.1) is 23.5 Å². The van der Waals surface area contributed by atoms with E-state index in [1.54, 1.807) is 0 Å². The zero-order valence-electron chi connectivity index (χ0n) is 33.6. The summed E-state index contributed by atoms with van der Waals surface area (Å²) in [5.74, 6) is 1.20. The smallest absolute Gasteiger partial charge is 0.121 e. The summed E-state index contributed by atoms with van der Waals surface area (Å²) in [5.41, 5.74) is 12.4. The molecule has 3 heterocycles. The maximum atomic E-state index is 6.37. The summed E-state index contributed by atoms with van der Waals surface area (Å²) >= 11 is 0. The van der Waals surface area contributed by atoms with Crippen molar-refractivity contribution < 1.29 is 24.5 Å². The van der Waals surface area contributed by atoms with Gasteiger partial charge in [-0.15, -0.1) is 53.6 Å². The first-order valence-electron chi connectivity index (χ1n) is 19.1. The minimum atomic E-state index is -1.37. The fraction of sp³-hybridized carbons (Fsp3) is 0.306. The molecule has 0 fully saturated rings. The number of hydrogen-bond acceptors (Lipinski definition) is 3. The van der Waals surface area contributed by atoms with Crippen molar-refractivity contribution in [2.24, 2.45) is 11.3 Å². The Hall–Kier alpha value is -4.15. The van der Waals surface area contributed by atoms with Gasteiger partial charge in [-0.2, -0.15) is 0 Å². The number of fused-ring (bicyclic) bond motifs is 3. The van der Waals surface area contributed by atoms with Crippen molar-refractivity contribution in [3.05, 3.63) is 138 Å². The predicted molar refractivity (Wildman–Crippen MR) is 229 cm³/mol. The quantitative estimate of drug-likeness (QED) is 0.113. The summed E-state index contributed by atoms with van der Waals surface area (Å²) in [7, 11) is -1.37. The summed E-state index contributed by atoms with van der Waals surface area (Å²) in [6, 6.07) is 40.7. The molecule has 0 aliphatic rings. The van der Waals surface area contributed by atoms with Crippen molar-refractivity contribution in [3.8, 4) is 33.6 Å². The van der Waals surface area contributed by atoms with Crippen LogP contribution in [-0.4, -0.2) is 18.0 Å². The molecule has 7 rings (SSSR count). The molecule has 0 spiro atoms. The standard InChI is InChI=1S/C28H24NO.C21H30NSi.Ir/c1-28(2,3)18-19-14-15-29-25(16-19)24-11-7-10-23-22-13-12-21(17-26(22)30-27(23)24)20-8-5-4-6-9-20;1-15(2)12-19-13-20(22-14-21(19)23(5,6)7)18-10-8-17(9-11-18)16(3)4;/h4-10,12-17H,18H2,1-3H3;8-10,13-16H,12H2,1-7H3;/q2*-1;. The molecule has 0 aliphatic carbocycles. The topological polar surface area (TPSA) is 38.9 Å². The van der Waals surface area contributed by atoms with E-state index < -0.39 is 8.07 Å². The van der Waals surface area contributed by atoms with Gasteiger partial charge >= 0.3 is 0 Å². The average Bonchev–Trinajstić information content (AvgIpc) is 3.49. The van der Waals surface area contributed by atoms with Gasteiger partial charge in [-0.1, -0.05) is 151 Å². The summed E-state index contributed by atoms with van der Waals surface area (Å²) < 4.78 is 6.37. The molecular formula is C49H54IrN2OSi-2. The zero-order valence-corrected chi connectivity index (χ0v) is 37.0. The van der Waals surface area contributed by atoms with Gasteiger partial charge in [0.2, 0.25) is 0 Å². The van der Waals surface area contributed by atoms with E-state index in [0.29, 0.717) is 11.8 Å². The first kappa shape index (κ1) is 41.0. The van der Waals surface area contributed by atoms with Gasteiger partial charge in [0.15, 0.2) is 0 Å². The van der Waals surface area contributed by atoms with Crippen LogP contribution in [0.1, 0.15) is 71.1 Å².